The molecule has 8 nitrogen and oxygen atoms in total. The Labute approximate surface area is 179 Å². The summed E-state index contributed by atoms with van der Waals surface area (Å²) < 4.78 is 22.1. The summed E-state index contributed by atoms with van der Waals surface area (Å²) in [5.41, 5.74) is 11.1. The van der Waals surface area contributed by atoms with Crippen LogP contribution in [0.25, 0.3) is 16.8 Å². The van der Waals surface area contributed by atoms with Gasteiger partial charge in [-0.05, 0) is 52.0 Å². The van der Waals surface area contributed by atoms with E-state index in [1.165, 1.54) is 16.9 Å². The van der Waals surface area contributed by atoms with E-state index in [9.17, 15) is 4.39 Å². The molecule has 1 aromatic carbocycles. The molecular formula is C22H24FN7O. The van der Waals surface area contributed by atoms with Crippen LogP contribution in [-0.2, 0) is 6.54 Å². The maximum absolute atomic E-state index is 14.0. The molecule has 2 N–H and O–H groups in total. The summed E-state index contributed by atoms with van der Waals surface area (Å²) in [6.07, 6.45) is 4.30. The van der Waals surface area contributed by atoms with Crippen molar-refractivity contribution in [3.63, 3.8) is 0 Å². The number of halogens is 1. The lowest BCUT2D eigenvalue weighted by atomic mass is 10.1. The van der Waals surface area contributed by atoms with Crippen molar-refractivity contribution in [3.8, 4) is 22.6 Å². The lowest BCUT2D eigenvalue weighted by molar-refractivity contribution is 0.226. The van der Waals surface area contributed by atoms with Gasteiger partial charge in [-0.1, -0.05) is 0 Å². The van der Waals surface area contributed by atoms with Crippen molar-refractivity contribution in [1.82, 2.24) is 29.8 Å². The van der Waals surface area contributed by atoms with Gasteiger partial charge in [-0.25, -0.2) is 9.37 Å². The number of rotatable bonds is 6. The highest BCUT2D eigenvalue weighted by Crippen LogP contribution is 2.34. The van der Waals surface area contributed by atoms with E-state index in [1.807, 2.05) is 38.4 Å². The molecule has 0 aliphatic carbocycles. The number of nitrogens with two attached hydrogens (primary N) is 1. The van der Waals surface area contributed by atoms with Crippen molar-refractivity contribution >= 4 is 5.82 Å². The predicted molar refractivity (Wildman–Crippen MR) is 115 cm³/mol. The summed E-state index contributed by atoms with van der Waals surface area (Å²) in [4.78, 5) is 5.75. The zero-order valence-corrected chi connectivity index (χ0v) is 17.9. The van der Waals surface area contributed by atoms with E-state index in [0.29, 0.717) is 17.0 Å². The summed E-state index contributed by atoms with van der Waals surface area (Å²) in [5, 5.41) is 12.9. The van der Waals surface area contributed by atoms with Crippen LogP contribution in [0.3, 0.4) is 0 Å². The molecule has 0 unspecified atom stereocenters. The maximum atomic E-state index is 14.0. The van der Waals surface area contributed by atoms with Crippen LogP contribution in [0.4, 0.5) is 10.2 Å². The van der Waals surface area contributed by atoms with Crippen molar-refractivity contribution < 1.29 is 9.13 Å². The fraction of sp³-hybridized carbons (Fsp3) is 0.273. The van der Waals surface area contributed by atoms with E-state index in [4.69, 9.17) is 10.5 Å². The molecule has 9 heteroatoms. The van der Waals surface area contributed by atoms with E-state index in [2.05, 4.69) is 20.3 Å². The maximum Gasteiger partial charge on any atom is 0.166 e. The fourth-order valence-electron chi connectivity index (χ4n) is 3.74. The summed E-state index contributed by atoms with van der Waals surface area (Å²) in [6, 6.07) is 6.24. The van der Waals surface area contributed by atoms with Crippen LogP contribution < -0.4 is 10.5 Å². The highest BCUT2D eigenvalue weighted by molar-refractivity contribution is 5.71. The largest absolute Gasteiger partial charge is 0.482 e. The topological polar surface area (TPSA) is 96.7 Å². The number of hydrogen-bond acceptors (Lipinski definition) is 6. The Bertz CT molecular complexity index is 1220. The van der Waals surface area contributed by atoms with Gasteiger partial charge in [0.1, 0.15) is 11.9 Å². The first kappa shape index (κ1) is 20.5. The Morgan fingerprint density at radius 3 is 2.58 bits per heavy atom. The molecule has 31 heavy (non-hydrogen) atoms. The summed E-state index contributed by atoms with van der Waals surface area (Å²) in [7, 11) is 0. The summed E-state index contributed by atoms with van der Waals surface area (Å²) in [6.45, 7) is 8.63. The molecule has 0 spiro atoms. The second kappa shape index (κ2) is 8.17. The van der Waals surface area contributed by atoms with Crippen LogP contribution in [0.2, 0.25) is 0 Å². The number of nitrogen functional groups attached to an aromatic ring is 1. The molecule has 3 aromatic heterocycles. The number of aryl methyl sites for hydroxylation is 2. The van der Waals surface area contributed by atoms with Gasteiger partial charge in [-0.2, -0.15) is 20.1 Å². The average molecular weight is 421 g/mol. The Morgan fingerprint density at radius 1 is 1.16 bits per heavy atom. The van der Waals surface area contributed by atoms with Crippen molar-refractivity contribution in [1.29, 1.82) is 0 Å². The van der Waals surface area contributed by atoms with Crippen LogP contribution >= 0.6 is 0 Å². The zero-order chi connectivity index (χ0) is 22.1. The molecule has 0 amide bonds. The van der Waals surface area contributed by atoms with Crippen LogP contribution in [0.15, 0.2) is 42.9 Å². The molecule has 3 heterocycles. The molecule has 0 saturated heterocycles. The van der Waals surface area contributed by atoms with Gasteiger partial charge in [-0.15, -0.1) is 0 Å². The third kappa shape index (κ3) is 3.86. The normalized spacial score (nSPS) is 12.2. The summed E-state index contributed by atoms with van der Waals surface area (Å²) >= 11 is 0. The van der Waals surface area contributed by atoms with Crippen molar-refractivity contribution in [2.75, 3.05) is 5.73 Å². The van der Waals surface area contributed by atoms with Gasteiger partial charge < -0.3 is 10.5 Å². The Kier molecular flexibility index (Phi) is 5.41. The first-order valence-corrected chi connectivity index (χ1v) is 10.0. The molecule has 0 radical (unpaired) electrons. The monoisotopic (exact) mass is 421 g/mol. The highest BCUT2D eigenvalue weighted by atomic mass is 19.1. The van der Waals surface area contributed by atoms with Gasteiger partial charge in [0.05, 0.1) is 23.8 Å². The second-order valence-electron chi connectivity index (χ2n) is 7.25. The minimum absolute atomic E-state index is 0.254. The molecule has 4 aromatic rings. The Morgan fingerprint density at radius 2 is 1.90 bits per heavy atom. The lowest BCUT2D eigenvalue weighted by Gasteiger charge is -2.19. The molecule has 0 fully saturated rings. The number of nitrogens with zero attached hydrogens (tertiary/aromatic N) is 6. The van der Waals surface area contributed by atoms with Gasteiger partial charge in [-0.3, -0.25) is 4.68 Å². The zero-order valence-electron chi connectivity index (χ0n) is 17.9. The Hall–Kier alpha value is -3.75. The molecule has 0 saturated carbocycles. The number of aromatic nitrogens is 6. The lowest BCUT2D eigenvalue weighted by Crippen LogP contribution is -2.11. The van der Waals surface area contributed by atoms with E-state index < -0.39 is 6.10 Å². The molecule has 160 valence electrons. The number of benzene rings is 1. The van der Waals surface area contributed by atoms with Gasteiger partial charge in [0, 0.05) is 35.1 Å². The first-order chi connectivity index (χ1) is 14.9. The second-order valence-corrected chi connectivity index (χ2v) is 7.25. The van der Waals surface area contributed by atoms with Crippen LogP contribution in [0.1, 0.15) is 36.9 Å². The number of hydrogen-bond donors (Lipinski definition) is 1. The average Bonchev–Trinajstić information content (AvgIpc) is 3.37. The van der Waals surface area contributed by atoms with E-state index in [0.717, 1.165) is 29.1 Å². The number of ether oxygens (including phenoxy) is 1. The van der Waals surface area contributed by atoms with Crippen LogP contribution in [0.5, 0.6) is 5.75 Å². The standard InChI is InChI=1S/C22H24FN7O/c1-5-29-14(3)21(13(2)28-29)16-10-20(22(24)25-12-16)31-15(4)18-11-17(23)6-7-19(18)30-26-8-9-27-30/h6-12,15H,5H2,1-4H3,(H2,24,25)/t15-/m1/s1. The van der Waals surface area contributed by atoms with Gasteiger partial charge in [0.25, 0.3) is 0 Å². The molecular weight excluding hydrogens is 397 g/mol. The number of pyridine rings is 1. The van der Waals surface area contributed by atoms with Gasteiger partial charge in [0.2, 0.25) is 0 Å². The Balaban J connectivity index is 1.71. The third-order valence-electron chi connectivity index (χ3n) is 5.22. The summed E-state index contributed by atoms with van der Waals surface area (Å²) in [5.74, 6) is 0.292. The van der Waals surface area contributed by atoms with Crippen LogP contribution in [-0.4, -0.2) is 29.8 Å². The molecule has 0 bridgehead atoms. The van der Waals surface area contributed by atoms with E-state index in [1.54, 1.807) is 24.7 Å². The third-order valence-corrected chi connectivity index (χ3v) is 5.22. The molecule has 4 rings (SSSR count). The van der Waals surface area contributed by atoms with E-state index in [-0.39, 0.29) is 11.6 Å². The van der Waals surface area contributed by atoms with Gasteiger partial charge >= 0.3 is 0 Å². The van der Waals surface area contributed by atoms with Crippen molar-refractivity contribution in [2.24, 2.45) is 0 Å². The quantitative estimate of drug-likeness (QED) is 0.505. The minimum atomic E-state index is -0.531. The molecule has 0 aliphatic heterocycles. The fourth-order valence-corrected chi connectivity index (χ4v) is 3.74. The SMILES string of the molecule is CCn1nc(C)c(-c2cnc(N)c(O[C@H](C)c3cc(F)ccc3-n3nccn3)c2)c1C. The molecule has 0 aliphatic rings. The van der Waals surface area contributed by atoms with Crippen molar-refractivity contribution in [3.05, 3.63) is 65.6 Å². The molecule has 1 atom stereocenters. The van der Waals surface area contributed by atoms with Gasteiger partial charge in [0.15, 0.2) is 11.6 Å². The highest BCUT2D eigenvalue weighted by Gasteiger charge is 2.19. The van der Waals surface area contributed by atoms with E-state index >= 15 is 0 Å². The predicted octanol–water partition coefficient (Wildman–Crippen LogP) is 4.02. The number of anilines is 1. The van der Waals surface area contributed by atoms with Crippen molar-refractivity contribution in [2.45, 2.75) is 40.3 Å². The van der Waals surface area contributed by atoms with Crippen LogP contribution in [0, 0.1) is 19.7 Å². The smallest absolute Gasteiger partial charge is 0.166 e. The first-order valence-electron chi connectivity index (χ1n) is 10.0. The minimum Gasteiger partial charge on any atom is -0.482 e.